The number of aryl methyl sites for hydroxylation is 1. The fraction of sp³-hybridized carbons (Fsp3) is 0.286. The van der Waals surface area contributed by atoms with Gasteiger partial charge in [0, 0.05) is 13.1 Å². The summed E-state index contributed by atoms with van der Waals surface area (Å²) in [5.41, 5.74) is 3.20. The molecule has 0 heterocycles. The maximum Gasteiger partial charge on any atom is 0.246 e. The van der Waals surface area contributed by atoms with Gasteiger partial charge in [0.25, 0.3) is 0 Å². The number of hydrogen-bond acceptors (Lipinski definition) is 3. The van der Waals surface area contributed by atoms with Gasteiger partial charge in [-0.2, -0.15) is 0 Å². The summed E-state index contributed by atoms with van der Waals surface area (Å²) in [6.45, 7) is 4.07. The third-order valence-electron chi connectivity index (χ3n) is 4.31. The highest BCUT2D eigenvalue weighted by Gasteiger charge is 2.15. The van der Waals surface area contributed by atoms with E-state index in [0.29, 0.717) is 11.5 Å². The average molecular weight is 339 g/mol. The number of rotatable bonds is 6. The Hall–Kier alpha value is -2.75. The number of ether oxygens (including phenoxy) is 2. The lowest BCUT2D eigenvalue weighted by Gasteiger charge is -2.24. The van der Waals surface area contributed by atoms with E-state index in [4.69, 9.17) is 9.47 Å². The second-order valence-corrected chi connectivity index (χ2v) is 5.98. The molecule has 1 amide bonds. The normalized spacial score (nSPS) is 12.0. The minimum Gasteiger partial charge on any atom is -0.493 e. The fourth-order valence-electron chi connectivity index (χ4n) is 2.50. The van der Waals surface area contributed by atoms with Crippen molar-refractivity contribution in [1.82, 2.24) is 4.90 Å². The van der Waals surface area contributed by atoms with E-state index in [-0.39, 0.29) is 11.9 Å². The lowest BCUT2D eigenvalue weighted by molar-refractivity contribution is -0.126. The van der Waals surface area contributed by atoms with Gasteiger partial charge in [-0.05, 0) is 43.2 Å². The standard InChI is InChI=1S/C21H25NO3/c1-15-6-10-18(11-7-15)16(2)22(3)21(23)13-9-17-8-12-19(24-4)20(14-17)25-5/h6-14,16H,1-5H3/b13-9+. The van der Waals surface area contributed by atoms with Crippen LogP contribution in [0.25, 0.3) is 6.08 Å². The van der Waals surface area contributed by atoms with Gasteiger partial charge >= 0.3 is 0 Å². The smallest absolute Gasteiger partial charge is 0.246 e. The van der Waals surface area contributed by atoms with Crippen molar-refractivity contribution in [2.24, 2.45) is 0 Å². The van der Waals surface area contributed by atoms with Gasteiger partial charge in [-0.25, -0.2) is 0 Å². The highest BCUT2D eigenvalue weighted by atomic mass is 16.5. The maximum atomic E-state index is 12.5. The number of benzene rings is 2. The van der Waals surface area contributed by atoms with Gasteiger partial charge in [0.1, 0.15) is 0 Å². The minimum atomic E-state index is -0.0529. The SMILES string of the molecule is COc1ccc(/C=C/C(=O)N(C)C(C)c2ccc(C)cc2)cc1OC. The van der Waals surface area contributed by atoms with Crippen LogP contribution >= 0.6 is 0 Å². The molecule has 2 rings (SSSR count). The van der Waals surface area contributed by atoms with E-state index >= 15 is 0 Å². The Bertz CT molecular complexity index is 750. The van der Waals surface area contributed by atoms with Crippen LogP contribution in [0, 0.1) is 6.92 Å². The summed E-state index contributed by atoms with van der Waals surface area (Å²) in [6, 6.07) is 13.8. The first-order chi connectivity index (χ1) is 12.0. The molecule has 2 aromatic carbocycles. The van der Waals surface area contributed by atoms with Gasteiger partial charge in [0.15, 0.2) is 11.5 Å². The molecule has 0 spiro atoms. The Morgan fingerprint density at radius 1 is 1.04 bits per heavy atom. The van der Waals surface area contributed by atoms with Crippen LogP contribution < -0.4 is 9.47 Å². The summed E-state index contributed by atoms with van der Waals surface area (Å²) in [7, 11) is 5.00. The van der Waals surface area contributed by atoms with Crippen LogP contribution in [-0.2, 0) is 4.79 Å². The molecular formula is C21H25NO3. The molecule has 1 atom stereocenters. The minimum absolute atomic E-state index is 0.00292. The molecular weight excluding hydrogens is 314 g/mol. The van der Waals surface area contributed by atoms with Gasteiger partial charge in [-0.15, -0.1) is 0 Å². The van der Waals surface area contributed by atoms with Crippen LogP contribution in [0.15, 0.2) is 48.5 Å². The molecule has 25 heavy (non-hydrogen) atoms. The van der Waals surface area contributed by atoms with Crippen molar-refractivity contribution in [3.05, 3.63) is 65.2 Å². The van der Waals surface area contributed by atoms with Gasteiger partial charge in [0.2, 0.25) is 5.91 Å². The monoisotopic (exact) mass is 339 g/mol. The van der Waals surface area contributed by atoms with E-state index < -0.39 is 0 Å². The summed E-state index contributed by atoms with van der Waals surface area (Å²) in [5, 5.41) is 0. The largest absolute Gasteiger partial charge is 0.493 e. The maximum absolute atomic E-state index is 12.5. The van der Waals surface area contributed by atoms with Crippen molar-refractivity contribution < 1.29 is 14.3 Å². The van der Waals surface area contributed by atoms with E-state index in [0.717, 1.165) is 11.1 Å². The van der Waals surface area contributed by atoms with Crippen LogP contribution in [-0.4, -0.2) is 32.1 Å². The molecule has 132 valence electrons. The number of nitrogens with zero attached hydrogens (tertiary/aromatic N) is 1. The van der Waals surface area contributed by atoms with Crippen molar-refractivity contribution in [2.75, 3.05) is 21.3 Å². The van der Waals surface area contributed by atoms with Gasteiger partial charge < -0.3 is 14.4 Å². The van der Waals surface area contributed by atoms with E-state index in [1.165, 1.54) is 5.56 Å². The Morgan fingerprint density at radius 3 is 2.28 bits per heavy atom. The van der Waals surface area contributed by atoms with Crippen LogP contribution in [0.2, 0.25) is 0 Å². The fourth-order valence-corrected chi connectivity index (χ4v) is 2.50. The van der Waals surface area contributed by atoms with E-state index in [1.807, 2.05) is 32.2 Å². The molecule has 4 heteroatoms. The number of likely N-dealkylation sites (N-methyl/N-ethyl adjacent to an activating group) is 1. The van der Waals surface area contributed by atoms with Crippen molar-refractivity contribution in [2.45, 2.75) is 19.9 Å². The third kappa shape index (κ3) is 4.63. The Morgan fingerprint density at radius 2 is 1.68 bits per heavy atom. The summed E-state index contributed by atoms with van der Waals surface area (Å²) in [5.74, 6) is 1.25. The Kier molecular flexibility index (Phi) is 6.23. The molecule has 0 aliphatic rings. The Balaban J connectivity index is 2.09. The molecule has 0 aromatic heterocycles. The molecule has 0 saturated heterocycles. The molecule has 0 bridgehead atoms. The molecule has 0 aliphatic heterocycles. The van der Waals surface area contributed by atoms with Crippen molar-refractivity contribution >= 4 is 12.0 Å². The molecule has 1 unspecified atom stereocenters. The molecule has 0 N–H and O–H groups in total. The van der Waals surface area contributed by atoms with Gasteiger partial charge in [-0.1, -0.05) is 35.9 Å². The molecule has 2 aromatic rings. The molecule has 0 saturated carbocycles. The lowest BCUT2D eigenvalue weighted by atomic mass is 10.1. The quantitative estimate of drug-likeness (QED) is 0.739. The zero-order chi connectivity index (χ0) is 18.4. The summed E-state index contributed by atoms with van der Waals surface area (Å²) >= 11 is 0. The Labute approximate surface area is 149 Å². The number of hydrogen-bond donors (Lipinski definition) is 0. The van der Waals surface area contributed by atoms with Crippen LogP contribution in [0.5, 0.6) is 11.5 Å². The lowest BCUT2D eigenvalue weighted by Crippen LogP contribution is -2.27. The topological polar surface area (TPSA) is 38.8 Å². The van der Waals surface area contributed by atoms with Gasteiger partial charge in [-0.3, -0.25) is 4.79 Å². The second kappa shape index (κ2) is 8.38. The van der Waals surface area contributed by atoms with E-state index in [9.17, 15) is 4.79 Å². The molecule has 4 nitrogen and oxygen atoms in total. The summed E-state index contributed by atoms with van der Waals surface area (Å²) < 4.78 is 10.5. The first-order valence-electron chi connectivity index (χ1n) is 8.19. The van der Waals surface area contributed by atoms with Crippen molar-refractivity contribution in [3.8, 4) is 11.5 Å². The summed E-state index contributed by atoms with van der Waals surface area (Å²) in [4.78, 5) is 14.2. The molecule has 0 aliphatic carbocycles. The first kappa shape index (κ1) is 18.6. The predicted octanol–water partition coefficient (Wildman–Crippen LogP) is 4.25. The van der Waals surface area contributed by atoms with E-state index in [1.54, 1.807) is 31.3 Å². The zero-order valence-electron chi connectivity index (χ0n) is 15.4. The molecule has 0 radical (unpaired) electrons. The molecule has 0 fully saturated rings. The number of methoxy groups -OCH3 is 2. The first-order valence-corrected chi connectivity index (χ1v) is 8.19. The third-order valence-corrected chi connectivity index (χ3v) is 4.31. The average Bonchev–Trinajstić information content (AvgIpc) is 2.65. The van der Waals surface area contributed by atoms with Crippen molar-refractivity contribution in [3.63, 3.8) is 0 Å². The van der Waals surface area contributed by atoms with Crippen LogP contribution in [0.4, 0.5) is 0 Å². The highest BCUT2D eigenvalue weighted by Crippen LogP contribution is 2.28. The van der Waals surface area contributed by atoms with Crippen LogP contribution in [0.3, 0.4) is 0 Å². The highest BCUT2D eigenvalue weighted by molar-refractivity contribution is 5.92. The zero-order valence-corrected chi connectivity index (χ0v) is 15.4. The van der Waals surface area contributed by atoms with Gasteiger partial charge in [0.05, 0.1) is 20.3 Å². The summed E-state index contributed by atoms with van der Waals surface area (Å²) in [6.07, 6.45) is 3.36. The number of carbonyl (C=O) groups excluding carboxylic acids is 1. The van der Waals surface area contributed by atoms with E-state index in [2.05, 4.69) is 31.2 Å². The second-order valence-electron chi connectivity index (χ2n) is 5.98. The predicted molar refractivity (Wildman–Crippen MR) is 101 cm³/mol. The number of carbonyl (C=O) groups is 1. The van der Waals surface area contributed by atoms with Crippen LogP contribution in [0.1, 0.15) is 29.7 Å². The van der Waals surface area contributed by atoms with Crippen molar-refractivity contribution in [1.29, 1.82) is 0 Å². The number of amides is 1.